The molecule has 30 heavy (non-hydrogen) atoms. The van der Waals surface area contributed by atoms with E-state index in [4.69, 9.17) is 4.74 Å². The molecule has 1 heterocycles. The molecule has 0 aromatic heterocycles. The minimum Gasteiger partial charge on any atom is -0.396 e. The number of aliphatic hydroxyl groups is 2. The second-order valence-electron chi connectivity index (χ2n) is 12.4. The summed E-state index contributed by atoms with van der Waals surface area (Å²) in [6, 6.07) is 0. The van der Waals surface area contributed by atoms with Crippen molar-refractivity contribution in [2.45, 2.75) is 104 Å². The van der Waals surface area contributed by atoms with E-state index in [0.717, 1.165) is 43.4 Å². The third kappa shape index (κ3) is 3.09. The van der Waals surface area contributed by atoms with E-state index in [1.165, 1.54) is 32.1 Å². The van der Waals surface area contributed by atoms with Gasteiger partial charge in [0, 0.05) is 6.61 Å². The Morgan fingerprint density at radius 1 is 1.20 bits per heavy atom. The van der Waals surface area contributed by atoms with E-state index in [2.05, 4.69) is 33.8 Å². The first-order chi connectivity index (χ1) is 14.3. The zero-order valence-corrected chi connectivity index (χ0v) is 19.6. The van der Waals surface area contributed by atoms with Crippen LogP contribution in [0.4, 0.5) is 0 Å². The summed E-state index contributed by atoms with van der Waals surface area (Å²) in [6.07, 6.45) is 13.8. The van der Waals surface area contributed by atoms with Crippen LogP contribution < -0.4 is 0 Å². The maximum absolute atomic E-state index is 10.2. The Labute approximate surface area is 183 Å². The van der Waals surface area contributed by atoms with E-state index < -0.39 is 0 Å². The smallest absolute Gasteiger partial charge is 0.0618 e. The molecule has 0 amide bonds. The summed E-state index contributed by atoms with van der Waals surface area (Å²) in [5.74, 6) is 4.15. The van der Waals surface area contributed by atoms with Gasteiger partial charge in [0.25, 0.3) is 0 Å². The Bertz CT molecular complexity index is 688. The van der Waals surface area contributed by atoms with Crippen molar-refractivity contribution in [3.8, 4) is 0 Å². The van der Waals surface area contributed by atoms with Crippen LogP contribution in [0.1, 0.15) is 85.5 Å². The molecule has 0 radical (unpaired) electrons. The first kappa shape index (κ1) is 21.5. The summed E-state index contributed by atoms with van der Waals surface area (Å²) in [4.78, 5) is 0. The zero-order chi connectivity index (χ0) is 21.3. The second kappa shape index (κ2) is 7.59. The minimum atomic E-state index is -0.111. The van der Waals surface area contributed by atoms with Crippen LogP contribution in [-0.4, -0.2) is 35.1 Å². The summed E-state index contributed by atoms with van der Waals surface area (Å²) in [6.45, 7) is 10.0. The van der Waals surface area contributed by atoms with Gasteiger partial charge in [0.05, 0.1) is 18.3 Å². The van der Waals surface area contributed by atoms with Gasteiger partial charge in [-0.05, 0) is 104 Å². The highest BCUT2D eigenvalue weighted by molar-refractivity contribution is 5.26. The highest BCUT2D eigenvalue weighted by Crippen LogP contribution is 2.69. The molecule has 1 saturated heterocycles. The molecule has 4 fully saturated rings. The molecule has 5 rings (SSSR count). The summed E-state index contributed by atoms with van der Waals surface area (Å²) < 4.78 is 6.75. The quantitative estimate of drug-likeness (QED) is 0.608. The van der Waals surface area contributed by atoms with Crippen LogP contribution in [-0.2, 0) is 4.74 Å². The van der Waals surface area contributed by atoms with Crippen molar-refractivity contribution in [1.29, 1.82) is 0 Å². The number of hydrogen-bond donors (Lipinski definition) is 2. The van der Waals surface area contributed by atoms with Crippen molar-refractivity contribution in [1.82, 2.24) is 0 Å². The lowest BCUT2D eigenvalue weighted by Crippen LogP contribution is -2.51. The van der Waals surface area contributed by atoms with Gasteiger partial charge in [-0.2, -0.15) is 0 Å². The Balaban J connectivity index is 1.34. The predicted molar refractivity (Wildman–Crippen MR) is 120 cm³/mol. The predicted octanol–water partition coefficient (Wildman–Crippen LogP) is 5.35. The molecule has 3 heteroatoms. The van der Waals surface area contributed by atoms with E-state index in [9.17, 15) is 10.2 Å². The lowest BCUT2D eigenvalue weighted by atomic mass is 9.47. The highest BCUT2D eigenvalue weighted by Gasteiger charge is 2.64. The van der Waals surface area contributed by atoms with Crippen molar-refractivity contribution < 1.29 is 14.9 Å². The topological polar surface area (TPSA) is 49.7 Å². The molecule has 0 spiro atoms. The molecule has 1 aliphatic heterocycles. The summed E-state index contributed by atoms with van der Waals surface area (Å²) in [7, 11) is 0. The maximum atomic E-state index is 10.2. The van der Waals surface area contributed by atoms with Gasteiger partial charge < -0.3 is 14.9 Å². The van der Waals surface area contributed by atoms with Gasteiger partial charge in [-0.15, -0.1) is 0 Å². The maximum Gasteiger partial charge on any atom is 0.0618 e. The average molecular weight is 417 g/mol. The van der Waals surface area contributed by atoms with Gasteiger partial charge in [-0.1, -0.05) is 39.3 Å². The molecule has 0 bridgehead atoms. The number of aliphatic hydroxyl groups excluding tert-OH is 2. The molecule has 11 atom stereocenters. The van der Waals surface area contributed by atoms with Crippen molar-refractivity contribution in [3.63, 3.8) is 0 Å². The molecule has 2 N–H and O–H groups in total. The molecule has 4 aliphatic carbocycles. The zero-order valence-electron chi connectivity index (χ0n) is 19.6. The third-order valence-corrected chi connectivity index (χ3v) is 10.9. The van der Waals surface area contributed by atoms with E-state index in [1.54, 1.807) is 5.57 Å². The van der Waals surface area contributed by atoms with Crippen LogP contribution in [0.2, 0.25) is 0 Å². The standard InChI is InChI=1S/C27H44O3/c1-16(15-28)5-8-23-17(2)25-24(30-23)14-22-20-7-6-18-13-19(29)9-11-26(18,3)21(20)10-12-27(22,25)4/h6,16-17,19-25,28-29H,5,7-15H2,1-4H3/t16?,17-,19?,20-,21+,22+,23?,24+,25+,26+,27+/m1/s1. The number of allylic oxidation sites excluding steroid dienone is 1. The number of hydrogen-bond acceptors (Lipinski definition) is 3. The molecular formula is C27H44O3. The monoisotopic (exact) mass is 416 g/mol. The van der Waals surface area contributed by atoms with Crippen LogP contribution in [0.15, 0.2) is 11.6 Å². The molecular weight excluding hydrogens is 372 g/mol. The second-order valence-corrected chi connectivity index (χ2v) is 12.4. The fraction of sp³-hybridized carbons (Fsp3) is 0.926. The van der Waals surface area contributed by atoms with Crippen LogP contribution in [0.25, 0.3) is 0 Å². The summed E-state index contributed by atoms with van der Waals surface area (Å²) in [5, 5.41) is 19.6. The third-order valence-electron chi connectivity index (χ3n) is 10.9. The normalized spacial score (nSPS) is 53.3. The van der Waals surface area contributed by atoms with Crippen molar-refractivity contribution in [2.24, 2.45) is 46.3 Å². The highest BCUT2D eigenvalue weighted by atomic mass is 16.5. The molecule has 0 aromatic carbocycles. The molecule has 3 unspecified atom stereocenters. The SMILES string of the molecule is CC(CO)CCC1O[C@H]2C[C@H]3[C@@H]4CC=C5CC(O)CC[C@]5(C)[C@H]4CC[C@]3(C)[C@H]2[C@@H]1C. The van der Waals surface area contributed by atoms with Crippen LogP contribution in [0.5, 0.6) is 0 Å². The van der Waals surface area contributed by atoms with Crippen molar-refractivity contribution in [2.75, 3.05) is 6.61 Å². The lowest BCUT2D eigenvalue weighted by molar-refractivity contribution is -0.0590. The summed E-state index contributed by atoms with van der Waals surface area (Å²) >= 11 is 0. The number of fused-ring (bicyclic) bond motifs is 7. The Hall–Kier alpha value is -0.380. The minimum absolute atomic E-state index is 0.111. The van der Waals surface area contributed by atoms with E-state index in [0.29, 0.717) is 47.4 Å². The molecule has 0 aromatic rings. The van der Waals surface area contributed by atoms with E-state index >= 15 is 0 Å². The Kier molecular flexibility index (Phi) is 5.43. The number of rotatable bonds is 4. The molecule has 5 aliphatic rings. The van der Waals surface area contributed by atoms with Gasteiger partial charge in [0.2, 0.25) is 0 Å². The first-order valence-corrected chi connectivity index (χ1v) is 12.9. The lowest BCUT2D eigenvalue weighted by Gasteiger charge is -2.58. The largest absolute Gasteiger partial charge is 0.396 e. The van der Waals surface area contributed by atoms with Gasteiger partial charge >= 0.3 is 0 Å². The van der Waals surface area contributed by atoms with Crippen LogP contribution >= 0.6 is 0 Å². The summed E-state index contributed by atoms with van der Waals surface area (Å²) in [5.41, 5.74) is 2.33. The van der Waals surface area contributed by atoms with Crippen molar-refractivity contribution >= 4 is 0 Å². The Morgan fingerprint density at radius 3 is 2.77 bits per heavy atom. The van der Waals surface area contributed by atoms with E-state index in [1.807, 2.05) is 0 Å². The van der Waals surface area contributed by atoms with Gasteiger partial charge in [-0.3, -0.25) is 0 Å². The molecule has 170 valence electrons. The van der Waals surface area contributed by atoms with Crippen LogP contribution in [0, 0.1) is 46.3 Å². The van der Waals surface area contributed by atoms with Crippen molar-refractivity contribution in [3.05, 3.63) is 11.6 Å². The molecule has 3 saturated carbocycles. The molecule has 3 nitrogen and oxygen atoms in total. The van der Waals surface area contributed by atoms with Gasteiger partial charge in [-0.25, -0.2) is 0 Å². The number of ether oxygens (including phenoxy) is 1. The Morgan fingerprint density at radius 2 is 2.00 bits per heavy atom. The average Bonchev–Trinajstić information content (AvgIpc) is 3.20. The fourth-order valence-electron chi connectivity index (χ4n) is 9.20. The fourth-order valence-corrected chi connectivity index (χ4v) is 9.20. The van der Waals surface area contributed by atoms with E-state index in [-0.39, 0.29) is 6.10 Å². The first-order valence-electron chi connectivity index (χ1n) is 12.9. The van der Waals surface area contributed by atoms with Crippen LogP contribution in [0.3, 0.4) is 0 Å². The van der Waals surface area contributed by atoms with Gasteiger partial charge in [0.15, 0.2) is 0 Å². The van der Waals surface area contributed by atoms with Gasteiger partial charge in [0.1, 0.15) is 0 Å².